The van der Waals surface area contributed by atoms with Gasteiger partial charge in [0, 0.05) is 36.6 Å². The summed E-state index contributed by atoms with van der Waals surface area (Å²) in [6.07, 6.45) is -5.21. The van der Waals surface area contributed by atoms with Crippen LogP contribution in [0.5, 0.6) is 0 Å². The molecule has 0 unspecified atom stereocenters. The molecule has 1 aromatic heterocycles. The molecule has 1 aliphatic heterocycles. The molecule has 1 aromatic carbocycles. The van der Waals surface area contributed by atoms with Crippen LogP contribution in [0, 0.1) is 34.5 Å². The van der Waals surface area contributed by atoms with Gasteiger partial charge < -0.3 is 15.1 Å². The molecule has 1 amide bonds. The minimum Gasteiger partial charge on any atom is -0.354 e. The largest absolute Gasteiger partial charge is 0.393 e. The van der Waals surface area contributed by atoms with Crippen molar-refractivity contribution in [3.05, 3.63) is 46.5 Å². The number of nitrogens with one attached hydrogen (secondary N) is 1. The number of nitriles is 2. The Morgan fingerprint density at radius 1 is 1.11 bits per heavy atom. The smallest absolute Gasteiger partial charge is 0.354 e. The Labute approximate surface area is 218 Å². The van der Waals surface area contributed by atoms with Gasteiger partial charge in [0.05, 0.1) is 17.5 Å². The van der Waals surface area contributed by atoms with Gasteiger partial charge in [-0.25, -0.2) is 4.98 Å². The van der Waals surface area contributed by atoms with E-state index < -0.39 is 18.5 Å². The first-order valence-corrected chi connectivity index (χ1v) is 12.5. The summed E-state index contributed by atoms with van der Waals surface area (Å²) in [6, 6.07) is 10.7. The predicted octanol–water partition coefficient (Wildman–Crippen LogP) is 4.33. The third-order valence-electron chi connectivity index (χ3n) is 5.69. The zero-order chi connectivity index (χ0) is 27.0. The van der Waals surface area contributed by atoms with Gasteiger partial charge in [-0.2, -0.15) is 23.7 Å². The number of carbonyl (C=O) groups is 1. The van der Waals surface area contributed by atoms with E-state index in [1.807, 2.05) is 24.1 Å². The van der Waals surface area contributed by atoms with Gasteiger partial charge in [0.25, 0.3) is 5.91 Å². The number of pyridine rings is 1. The van der Waals surface area contributed by atoms with Crippen LogP contribution in [-0.4, -0.2) is 55.2 Å². The van der Waals surface area contributed by atoms with Crippen molar-refractivity contribution in [3.63, 3.8) is 0 Å². The first kappa shape index (κ1) is 27.9. The number of benzene rings is 1. The molecule has 7 nitrogen and oxygen atoms in total. The second kappa shape index (κ2) is 12.5. The van der Waals surface area contributed by atoms with Crippen molar-refractivity contribution < 1.29 is 18.0 Å². The summed E-state index contributed by atoms with van der Waals surface area (Å²) in [6.45, 7) is 4.12. The fourth-order valence-corrected chi connectivity index (χ4v) is 4.87. The molecule has 1 fully saturated rings. The normalized spacial score (nSPS) is 14.1. The van der Waals surface area contributed by atoms with Crippen LogP contribution in [0.4, 0.5) is 24.7 Å². The van der Waals surface area contributed by atoms with Crippen LogP contribution in [0.25, 0.3) is 0 Å². The van der Waals surface area contributed by atoms with Gasteiger partial charge in [-0.15, -0.1) is 11.8 Å². The zero-order valence-electron chi connectivity index (χ0n) is 20.4. The molecule has 2 heterocycles. The molecule has 1 aliphatic rings. The zero-order valence-corrected chi connectivity index (χ0v) is 21.3. The summed E-state index contributed by atoms with van der Waals surface area (Å²) in [4.78, 5) is 20.2. The number of aromatic nitrogens is 1. The Morgan fingerprint density at radius 2 is 1.81 bits per heavy atom. The molecule has 0 bridgehead atoms. The standard InChI is InChI=1S/C26H25F3N6OS/c1-3-5-23(36)32-19-8-6-18(7-9-19)17-37-25-22(16-31)20(14-26(27,28)29)21(15-30)24(33-25)35-11-4-10-34(2)12-13-35/h6-9H,4,10-14,17H2,1-2H3,(H,32,36). The lowest BCUT2D eigenvalue weighted by molar-refractivity contribution is -0.127. The van der Waals surface area contributed by atoms with E-state index in [9.17, 15) is 28.5 Å². The molecule has 0 spiro atoms. The first-order chi connectivity index (χ1) is 17.6. The molecular formula is C26H25F3N6OS. The first-order valence-electron chi connectivity index (χ1n) is 11.5. The third-order valence-corrected chi connectivity index (χ3v) is 6.74. The molecular weight excluding hydrogens is 501 g/mol. The quantitative estimate of drug-likeness (QED) is 0.442. The van der Waals surface area contributed by atoms with Crippen LogP contribution < -0.4 is 10.2 Å². The lowest BCUT2D eigenvalue weighted by atomic mass is 10.0. The Balaban J connectivity index is 1.96. The van der Waals surface area contributed by atoms with Gasteiger partial charge in [0.2, 0.25) is 0 Å². The number of rotatable bonds is 6. The summed E-state index contributed by atoms with van der Waals surface area (Å²) in [7, 11) is 1.96. The highest BCUT2D eigenvalue weighted by Gasteiger charge is 2.34. The number of amides is 1. The van der Waals surface area contributed by atoms with E-state index in [4.69, 9.17) is 0 Å². The Bertz CT molecular complexity index is 1290. The lowest BCUT2D eigenvalue weighted by Crippen LogP contribution is -2.31. The fraction of sp³-hybridized carbons (Fsp3) is 0.385. The van der Waals surface area contributed by atoms with Crippen molar-refractivity contribution in [2.45, 2.75) is 36.7 Å². The molecule has 0 aliphatic carbocycles. The van der Waals surface area contributed by atoms with Crippen LogP contribution >= 0.6 is 11.8 Å². The van der Waals surface area contributed by atoms with E-state index >= 15 is 0 Å². The van der Waals surface area contributed by atoms with E-state index in [-0.39, 0.29) is 27.5 Å². The number of anilines is 2. The Morgan fingerprint density at radius 3 is 2.43 bits per heavy atom. The number of thioether (sulfide) groups is 1. The summed E-state index contributed by atoms with van der Waals surface area (Å²) in [5.41, 5.74) is 0.610. The average molecular weight is 527 g/mol. The Hall–Kier alpha value is -3.72. The predicted molar refractivity (Wildman–Crippen MR) is 136 cm³/mol. The highest BCUT2D eigenvalue weighted by Crippen LogP contribution is 2.36. The number of carbonyl (C=O) groups excluding carboxylic acids is 1. The second-order valence-corrected chi connectivity index (χ2v) is 9.41. The maximum absolute atomic E-state index is 13.5. The van der Waals surface area contributed by atoms with E-state index in [1.54, 1.807) is 31.2 Å². The SMILES string of the molecule is CC#CC(=O)Nc1ccc(CSc2nc(N3CCCN(C)CC3)c(C#N)c(CC(F)(F)F)c2C#N)cc1. The minimum absolute atomic E-state index is 0.156. The third kappa shape index (κ3) is 7.63. The number of alkyl halides is 3. The summed E-state index contributed by atoms with van der Waals surface area (Å²) < 4.78 is 40.6. The van der Waals surface area contributed by atoms with Gasteiger partial charge in [-0.3, -0.25) is 4.79 Å². The van der Waals surface area contributed by atoms with Crippen LogP contribution in [0.3, 0.4) is 0 Å². The molecule has 2 aromatic rings. The Kier molecular flexibility index (Phi) is 9.41. The van der Waals surface area contributed by atoms with Crippen LogP contribution in [0.2, 0.25) is 0 Å². The number of likely N-dealkylation sites (N-methyl/N-ethyl adjacent to an activating group) is 1. The molecule has 0 saturated carbocycles. The van der Waals surface area contributed by atoms with Crippen molar-refractivity contribution in [3.8, 4) is 24.0 Å². The maximum Gasteiger partial charge on any atom is 0.393 e. The van der Waals surface area contributed by atoms with Crippen molar-refractivity contribution in [2.75, 3.05) is 43.4 Å². The molecule has 11 heteroatoms. The molecule has 0 radical (unpaired) electrons. The second-order valence-electron chi connectivity index (χ2n) is 8.44. The van der Waals surface area contributed by atoms with Gasteiger partial charge in [0.15, 0.2) is 0 Å². The summed E-state index contributed by atoms with van der Waals surface area (Å²) in [5, 5.41) is 22.4. The lowest BCUT2D eigenvalue weighted by Gasteiger charge is -2.25. The molecule has 3 rings (SSSR count). The number of halogens is 3. The highest BCUT2D eigenvalue weighted by molar-refractivity contribution is 7.98. The van der Waals surface area contributed by atoms with E-state index in [2.05, 4.69) is 27.0 Å². The summed E-state index contributed by atoms with van der Waals surface area (Å²) >= 11 is 1.14. The van der Waals surface area contributed by atoms with Crippen LogP contribution in [0.15, 0.2) is 29.3 Å². The molecule has 1 N–H and O–H groups in total. The average Bonchev–Trinajstić information content (AvgIpc) is 3.06. The van der Waals surface area contributed by atoms with E-state index in [0.717, 1.165) is 30.3 Å². The molecule has 192 valence electrons. The van der Waals surface area contributed by atoms with E-state index in [1.165, 1.54) is 0 Å². The van der Waals surface area contributed by atoms with Crippen molar-refractivity contribution in [1.29, 1.82) is 10.5 Å². The number of hydrogen-bond donors (Lipinski definition) is 1. The van der Waals surface area contributed by atoms with Crippen molar-refractivity contribution >= 4 is 29.2 Å². The molecule has 1 saturated heterocycles. The summed E-state index contributed by atoms with van der Waals surface area (Å²) in [5.74, 6) is 4.97. The number of hydrogen-bond acceptors (Lipinski definition) is 7. The highest BCUT2D eigenvalue weighted by atomic mass is 32.2. The fourth-order valence-electron chi connectivity index (χ4n) is 3.91. The topological polar surface area (TPSA) is 96.1 Å². The van der Waals surface area contributed by atoms with Crippen molar-refractivity contribution in [2.24, 2.45) is 0 Å². The van der Waals surface area contributed by atoms with E-state index in [0.29, 0.717) is 31.1 Å². The van der Waals surface area contributed by atoms with Gasteiger partial charge in [-0.1, -0.05) is 18.1 Å². The van der Waals surface area contributed by atoms with Crippen LogP contribution in [-0.2, 0) is 17.0 Å². The van der Waals surface area contributed by atoms with Crippen molar-refractivity contribution in [1.82, 2.24) is 9.88 Å². The van der Waals surface area contributed by atoms with Gasteiger partial charge >= 0.3 is 6.18 Å². The van der Waals surface area contributed by atoms with Gasteiger partial charge in [-0.05, 0) is 50.6 Å². The molecule has 0 atom stereocenters. The van der Waals surface area contributed by atoms with Gasteiger partial charge in [0.1, 0.15) is 23.0 Å². The maximum atomic E-state index is 13.5. The van der Waals surface area contributed by atoms with Crippen LogP contribution in [0.1, 0.15) is 35.6 Å². The monoisotopic (exact) mass is 526 g/mol. The minimum atomic E-state index is -4.60. The number of nitrogens with zero attached hydrogens (tertiary/aromatic N) is 5. The molecule has 37 heavy (non-hydrogen) atoms.